The van der Waals surface area contributed by atoms with Crippen LogP contribution in [0.1, 0.15) is 19.8 Å². The number of likely N-dealkylation sites (tertiary alicyclic amines) is 1. The smallest absolute Gasteiger partial charge is 0.0635 e. The zero-order valence-electron chi connectivity index (χ0n) is 10.2. The Kier molecular flexibility index (Phi) is 3.33. The summed E-state index contributed by atoms with van der Waals surface area (Å²) < 4.78 is 0. The number of piperidine rings is 1. The molecule has 2 rings (SSSR count). The first-order chi connectivity index (χ1) is 7.13. The van der Waals surface area contributed by atoms with Gasteiger partial charge in [0.2, 0.25) is 0 Å². The minimum atomic E-state index is -0.0612. The monoisotopic (exact) mass is 212 g/mol. The minimum absolute atomic E-state index is 0.0612. The predicted molar refractivity (Wildman–Crippen MR) is 61.8 cm³/mol. The van der Waals surface area contributed by atoms with E-state index in [-0.39, 0.29) is 6.10 Å². The van der Waals surface area contributed by atoms with Crippen LogP contribution in [0.3, 0.4) is 0 Å². The van der Waals surface area contributed by atoms with Crippen molar-refractivity contribution in [1.82, 2.24) is 9.80 Å². The first-order valence-corrected chi connectivity index (χ1v) is 6.20. The highest BCUT2D eigenvalue weighted by molar-refractivity contribution is 4.97. The van der Waals surface area contributed by atoms with Crippen LogP contribution < -0.4 is 0 Å². The number of aliphatic hydroxyl groups excluding tert-OH is 1. The third kappa shape index (κ3) is 2.05. The van der Waals surface area contributed by atoms with Crippen molar-refractivity contribution in [2.24, 2.45) is 11.8 Å². The Hall–Kier alpha value is -0.120. The highest BCUT2D eigenvalue weighted by Gasteiger charge is 2.43. The van der Waals surface area contributed by atoms with E-state index in [0.29, 0.717) is 17.9 Å². The fourth-order valence-electron chi connectivity index (χ4n) is 3.38. The molecule has 1 heterocycles. The zero-order valence-corrected chi connectivity index (χ0v) is 10.2. The van der Waals surface area contributed by atoms with E-state index in [1.807, 2.05) is 0 Å². The van der Waals surface area contributed by atoms with Gasteiger partial charge >= 0.3 is 0 Å². The molecular formula is C12H24N2O. The first-order valence-electron chi connectivity index (χ1n) is 6.20. The lowest BCUT2D eigenvalue weighted by molar-refractivity contribution is -0.0804. The van der Waals surface area contributed by atoms with E-state index in [2.05, 4.69) is 30.8 Å². The lowest BCUT2D eigenvalue weighted by Gasteiger charge is -2.50. The van der Waals surface area contributed by atoms with Gasteiger partial charge in [0.15, 0.2) is 0 Å². The van der Waals surface area contributed by atoms with Gasteiger partial charge in [0.1, 0.15) is 0 Å². The van der Waals surface area contributed by atoms with E-state index in [9.17, 15) is 5.11 Å². The van der Waals surface area contributed by atoms with Crippen LogP contribution in [-0.4, -0.2) is 60.8 Å². The van der Waals surface area contributed by atoms with Crippen LogP contribution in [-0.2, 0) is 0 Å². The second-order valence-corrected chi connectivity index (χ2v) is 5.38. The summed E-state index contributed by atoms with van der Waals surface area (Å²) in [6.45, 7) is 5.53. The van der Waals surface area contributed by atoms with Crippen molar-refractivity contribution in [3.05, 3.63) is 0 Å². The van der Waals surface area contributed by atoms with Crippen molar-refractivity contribution >= 4 is 0 Å². The minimum Gasteiger partial charge on any atom is -0.392 e. The van der Waals surface area contributed by atoms with Crippen LogP contribution in [0, 0.1) is 11.8 Å². The number of fused-ring (bicyclic) bond motifs is 2. The van der Waals surface area contributed by atoms with Crippen molar-refractivity contribution in [2.45, 2.75) is 31.9 Å². The number of hydrogen-bond acceptors (Lipinski definition) is 3. The molecule has 1 saturated carbocycles. The molecule has 2 bridgehead atoms. The van der Waals surface area contributed by atoms with Gasteiger partial charge in [-0.3, -0.25) is 0 Å². The molecule has 15 heavy (non-hydrogen) atoms. The third-order valence-electron chi connectivity index (χ3n) is 4.32. The number of rotatable bonds is 2. The summed E-state index contributed by atoms with van der Waals surface area (Å²) in [4.78, 5) is 4.79. The van der Waals surface area contributed by atoms with Gasteiger partial charge in [0.05, 0.1) is 6.10 Å². The summed E-state index contributed by atoms with van der Waals surface area (Å²) in [5.41, 5.74) is 0. The van der Waals surface area contributed by atoms with E-state index in [0.717, 1.165) is 19.6 Å². The summed E-state index contributed by atoms with van der Waals surface area (Å²) in [6.07, 6.45) is 2.39. The van der Waals surface area contributed by atoms with Gasteiger partial charge in [-0.05, 0) is 39.4 Å². The van der Waals surface area contributed by atoms with Gasteiger partial charge in [-0.25, -0.2) is 0 Å². The summed E-state index contributed by atoms with van der Waals surface area (Å²) in [5, 5.41) is 10.3. The van der Waals surface area contributed by atoms with Crippen LogP contribution in [0.4, 0.5) is 0 Å². The average molecular weight is 212 g/mol. The molecule has 2 fully saturated rings. The molecular weight excluding hydrogens is 188 g/mol. The predicted octanol–water partition coefficient (Wildman–Crippen LogP) is 0.639. The molecule has 1 aliphatic carbocycles. The summed E-state index contributed by atoms with van der Waals surface area (Å²) in [5.74, 6) is 0.993. The second-order valence-electron chi connectivity index (χ2n) is 5.38. The number of nitrogens with zero attached hydrogens (tertiary/aromatic N) is 2. The fourth-order valence-corrected chi connectivity index (χ4v) is 3.38. The first kappa shape index (κ1) is 11.4. The summed E-state index contributed by atoms with van der Waals surface area (Å²) in [6, 6.07) is 0.575. The Bertz CT molecular complexity index is 220. The highest BCUT2D eigenvalue weighted by atomic mass is 16.3. The van der Waals surface area contributed by atoms with Gasteiger partial charge < -0.3 is 14.9 Å². The van der Waals surface area contributed by atoms with E-state index < -0.39 is 0 Å². The van der Waals surface area contributed by atoms with Crippen molar-refractivity contribution in [3.63, 3.8) is 0 Å². The molecule has 1 aliphatic heterocycles. The molecule has 3 nitrogen and oxygen atoms in total. The Labute approximate surface area is 93.1 Å². The Morgan fingerprint density at radius 3 is 2.60 bits per heavy atom. The quantitative estimate of drug-likeness (QED) is 0.727. The normalized spacial score (nSPS) is 42.2. The maximum Gasteiger partial charge on any atom is 0.0635 e. The SMILES string of the molecule is CCN1CC2CCC(N(C)C)C(C1)C2O. The summed E-state index contributed by atoms with van der Waals surface area (Å²) >= 11 is 0. The molecule has 3 heteroatoms. The molecule has 0 radical (unpaired) electrons. The molecule has 1 saturated heterocycles. The fraction of sp³-hybridized carbons (Fsp3) is 1.00. The molecule has 0 amide bonds. The maximum absolute atomic E-state index is 10.3. The van der Waals surface area contributed by atoms with Crippen LogP contribution in [0.5, 0.6) is 0 Å². The summed E-state index contributed by atoms with van der Waals surface area (Å²) in [7, 11) is 4.28. The molecule has 0 aromatic rings. The van der Waals surface area contributed by atoms with E-state index in [1.165, 1.54) is 12.8 Å². The molecule has 88 valence electrons. The molecule has 4 atom stereocenters. The Balaban J connectivity index is 2.10. The molecule has 1 N–H and O–H groups in total. The molecule has 0 spiro atoms. The maximum atomic E-state index is 10.3. The highest BCUT2D eigenvalue weighted by Crippen LogP contribution is 2.36. The van der Waals surface area contributed by atoms with Crippen LogP contribution in [0.25, 0.3) is 0 Å². The zero-order chi connectivity index (χ0) is 11.0. The topological polar surface area (TPSA) is 26.7 Å². The van der Waals surface area contributed by atoms with Gasteiger partial charge in [0, 0.05) is 25.0 Å². The number of aliphatic hydroxyl groups is 1. The Morgan fingerprint density at radius 1 is 1.27 bits per heavy atom. The van der Waals surface area contributed by atoms with Gasteiger partial charge in [-0.1, -0.05) is 6.92 Å². The van der Waals surface area contributed by atoms with Crippen molar-refractivity contribution in [1.29, 1.82) is 0 Å². The van der Waals surface area contributed by atoms with Gasteiger partial charge in [-0.15, -0.1) is 0 Å². The molecule has 0 aromatic heterocycles. The molecule has 2 aliphatic rings. The van der Waals surface area contributed by atoms with Gasteiger partial charge in [-0.2, -0.15) is 0 Å². The van der Waals surface area contributed by atoms with Crippen molar-refractivity contribution in [3.8, 4) is 0 Å². The lowest BCUT2D eigenvalue weighted by Crippen LogP contribution is -2.58. The second kappa shape index (κ2) is 4.40. The van der Waals surface area contributed by atoms with E-state index >= 15 is 0 Å². The number of hydrogen-bond donors (Lipinski definition) is 1. The molecule has 0 aromatic carbocycles. The van der Waals surface area contributed by atoms with Crippen LogP contribution in [0.2, 0.25) is 0 Å². The Morgan fingerprint density at radius 2 is 2.00 bits per heavy atom. The van der Waals surface area contributed by atoms with Crippen LogP contribution in [0.15, 0.2) is 0 Å². The standard InChI is InChI=1S/C12H24N2O/c1-4-14-7-9-5-6-11(13(2)3)10(8-14)12(9)15/h9-12,15H,4-8H2,1-3H3. The molecule has 4 unspecified atom stereocenters. The van der Waals surface area contributed by atoms with Gasteiger partial charge in [0.25, 0.3) is 0 Å². The van der Waals surface area contributed by atoms with E-state index in [4.69, 9.17) is 0 Å². The lowest BCUT2D eigenvalue weighted by atomic mass is 9.72. The van der Waals surface area contributed by atoms with Crippen molar-refractivity contribution in [2.75, 3.05) is 33.7 Å². The van der Waals surface area contributed by atoms with Crippen LogP contribution >= 0.6 is 0 Å². The average Bonchev–Trinajstić information content (AvgIpc) is 2.17. The van der Waals surface area contributed by atoms with E-state index in [1.54, 1.807) is 0 Å². The largest absolute Gasteiger partial charge is 0.392 e. The third-order valence-corrected chi connectivity index (χ3v) is 4.32. The van der Waals surface area contributed by atoms with Crippen molar-refractivity contribution < 1.29 is 5.11 Å².